The van der Waals surface area contributed by atoms with Crippen LogP contribution in [0.3, 0.4) is 0 Å². The van der Waals surface area contributed by atoms with Gasteiger partial charge in [-0.05, 0) is 30.8 Å². The van der Waals surface area contributed by atoms with Crippen molar-refractivity contribution in [3.05, 3.63) is 0 Å². The Bertz CT molecular complexity index is 155. The van der Waals surface area contributed by atoms with Gasteiger partial charge >= 0.3 is 0 Å². The molecule has 0 aromatic rings. The maximum Gasteiger partial charge on any atom is 0.236 e. The van der Waals surface area contributed by atoms with Crippen LogP contribution in [0.25, 0.3) is 0 Å². The monoisotopic (exact) mass is 188 g/mol. The van der Waals surface area contributed by atoms with E-state index in [2.05, 4.69) is 5.32 Å². The van der Waals surface area contributed by atoms with Gasteiger partial charge in [-0.1, -0.05) is 0 Å². The van der Waals surface area contributed by atoms with Gasteiger partial charge in [0.25, 0.3) is 0 Å². The number of amides is 1. The number of rotatable bonds is 3. The standard InChI is InChI=1S/C8H16N2OS/c1-6(9)8(11)10-4-7-2-3-12-5-7/h6-7H,2-5,9H2,1H3,(H,10,11)/t6-,7?/m1/s1. The van der Waals surface area contributed by atoms with E-state index in [1.54, 1.807) is 6.92 Å². The molecule has 0 aliphatic carbocycles. The number of hydrogen-bond acceptors (Lipinski definition) is 3. The molecule has 0 bridgehead atoms. The lowest BCUT2D eigenvalue weighted by Gasteiger charge is -2.11. The highest BCUT2D eigenvalue weighted by Gasteiger charge is 2.16. The molecule has 3 N–H and O–H groups in total. The molecular weight excluding hydrogens is 172 g/mol. The molecule has 1 heterocycles. The Morgan fingerprint density at radius 3 is 3.08 bits per heavy atom. The van der Waals surface area contributed by atoms with Gasteiger partial charge < -0.3 is 11.1 Å². The normalized spacial score (nSPS) is 25.3. The SMILES string of the molecule is C[C@@H](N)C(=O)NCC1CCSC1. The lowest BCUT2D eigenvalue weighted by Crippen LogP contribution is -2.40. The van der Waals surface area contributed by atoms with Gasteiger partial charge in [0.15, 0.2) is 0 Å². The van der Waals surface area contributed by atoms with Crippen molar-refractivity contribution in [2.45, 2.75) is 19.4 Å². The quantitative estimate of drug-likeness (QED) is 0.665. The highest BCUT2D eigenvalue weighted by atomic mass is 32.2. The molecule has 70 valence electrons. The summed E-state index contributed by atoms with van der Waals surface area (Å²) >= 11 is 1.96. The second-order valence-electron chi connectivity index (χ2n) is 3.26. The molecule has 1 unspecified atom stereocenters. The van der Waals surface area contributed by atoms with Crippen LogP contribution in [0.5, 0.6) is 0 Å². The molecule has 1 saturated heterocycles. The van der Waals surface area contributed by atoms with E-state index in [1.807, 2.05) is 11.8 Å². The molecule has 0 aromatic heterocycles. The zero-order valence-corrected chi connectivity index (χ0v) is 8.19. The van der Waals surface area contributed by atoms with Crippen molar-refractivity contribution < 1.29 is 4.79 Å². The van der Waals surface area contributed by atoms with E-state index in [9.17, 15) is 4.79 Å². The van der Waals surface area contributed by atoms with Gasteiger partial charge in [-0.2, -0.15) is 11.8 Å². The van der Waals surface area contributed by atoms with Crippen molar-refractivity contribution in [2.75, 3.05) is 18.1 Å². The number of hydrogen-bond donors (Lipinski definition) is 2. The largest absolute Gasteiger partial charge is 0.354 e. The summed E-state index contributed by atoms with van der Waals surface area (Å²) in [5, 5.41) is 2.85. The Morgan fingerprint density at radius 1 is 1.83 bits per heavy atom. The molecule has 1 fully saturated rings. The van der Waals surface area contributed by atoms with Gasteiger partial charge in [-0.25, -0.2) is 0 Å². The van der Waals surface area contributed by atoms with Crippen molar-refractivity contribution in [1.82, 2.24) is 5.32 Å². The fourth-order valence-corrected chi connectivity index (χ4v) is 2.43. The molecule has 0 radical (unpaired) electrons. The van der Waals surface area contributed by atoms with E-state index >= 15 is 0 Å². The van der Waals surface area contributed by atoms with E-state index in [1.165, 1.54) is 17.9 Å². The van der Waals surface area contributed by atoms with Crippen LogP contribution in [0.2, 0.25) is 0 Å². The summed E-state index contributed by atoms with van der Waals surface area (Å²) in [6.07, 6.45) is 1.23. The molecule has 1 rings (SSSR count). The molecule has 2 atom stereocenters. The van der Waals surface area contributed by atoms with Crippen molar-refractivity contribution in [3.8, 4) is 0 Å². The van der Waals surface area contributed by atoms with Crippen LogP contribution in [0.15, 0.2) is 0 Å². The number of carbonyl (C=O) groups is 1. The molecule has 12 heavy (non-hydrogen) atoms. The zero-order chi connectivity index (χ0) is 8.97. The summed E-state index contributed by atoms with van der Waals surface area (Å²) in [4.78, 5) is 11.1. The first kappa shape index (κ1) is 9.86. The molecule has 0 spiro atoms. The van der Waals surface area contributed by atoms with Crippen molar-refractivity contribution in [2.24, 2.45) is 11.7 Å². The van der Waals surface area contributed by atoms with Crippen molar-refractivity contribution in [1.29, 1.82) is 0 Å². The molecule has 3 nitrogen and oxygen atoms in total. The van der Waals surface area contributed by atoms with E-state index in [-0.39, 0.29) is 11.9 Å². The summed E-state index contributed by atoms with van der Waals surface area (Å²) in [5.41, 5.74) is 5.40. The minimum atomic E-state index is -0.376. The van der Waals surface area contributed by atoms with Crippen molar-refractivity contribution >= 4 is 17.7 Å². The zero-order valence-electron chi connectivity index (χ0n) is 7.38. The van der Waals surface area contributed by atoms with Gasteiger partial charge in [0.2, 0.25) is 5.91 Å². The minimum Gasteiger partial charge on any atom is -0.354 e. The van der Waals surface area contributed by atoms with E-state index in [0.717, 1.165) is 6.54 Å². The first-order chi connectivity index (χ1) is 5.70. The number of nitrogens with one attached hydrogen (secondary N) is 1. The van der Waals surface area contributed by atoms with Crippen LogP contribution >= 0.6 is 11.8 Å². The third-order valence-electron chi connectivity index (χ3n) is 2.00. The fourth-order valence-electron chi connectivity index (χ4n) is 1.15. The van der Waals surface area contributed by atoms with Crippen molar-refractivity contribution in [3.63, 3.8) is 0 Å². The highest BCUT2D eigenvalue weighted by Crippen LogP contribution is 2.22. The number of thioether (sulfide) groups is 1. The Hall–Kier alpha value is -0.220. The molecule has 1 aliphatic rings. The Kier molecular flexibility index (Phi) is 3.88. The lowest BCUT2D eigenvalue weighted by atomic mass is 10.1. The first-order valence-corrected chi connectivity index (χ1v) is 5.46. The average molecular weight is 188 g/mol. The highest BCUT2D eigenvalue weighted by molar-refractivity contribution is 7.99. The number of carbonyl (C=O) groups excluding carboxylic acids is 1. The molecule has 0 saturated carbocycles. The van der Waals surface area contributed by atoms with Crippen LogP contribution in [0.1, 0.15) is 13.3 Å². The summed E-state index contributed by atoms with van der Waals surface area (Å²) in [6, 6.07) is -0.376. The van der Waals surface area contributed by atoms with Gasteiger partial charge in [-0.15, -0.1) is 0 Å². The molecular formula is C8H16N2OS. The van der Waals surface area contributed by atoms with E-state index in [4.69, 9.17) is 5.73 Å². The number of nitrogens with two attached hydrogens (primary N) is 1. The Labute approximate surface area is 77.5 Å². The van der Waals surface area contributed by atoms with Gasteiger partial charge in [0, 0.05) is 6.54 Å². The Morgan fingerprint density at radius 2 is 2.58 bits per heavy atom. The van der Waals surface area contributed by atoms with Crippen LogP contribution < -0.4 is 11.1 Å². The maximum absolute atomic E-state index is 11.1. The van der Waals surface area contributed by atoms with Crippen LogP contribution in [-0.4, -0.2) is 30.0 Å². The predicted octanol–water partition coefficient (Wildman–Crippen LogP) is 0.203. The van der Waals surface area contributed by atoms with E-state index < -0.39 is 0 Å². The topological polar surface area (TPSA) is 55.1 Å². The minimum absolute atomic E-state index is 0.0353. The van der Waals surface area contributed by atoms with Crippen LogP contribution in [0.4, 0.5) is 0 Å². The van der Waals surface area contributed by atoms with E-state index in [0.29, 0.717) is 5.92 Å². The maximum atomic E-state index is 11.1. The van der Waals surface area contributed by atoms with Crippen LogP contribution in [0, 0.1) is 5.92 Å². The second kappa shape index (κ2) is 4.72. The lowest BCUT2D eigenvalue weighted by molar-refractivity contribution is -0.122. The molecule has 0 aromatic carbocycles. The second-order valence-corrected chi connectivity index (χ2v) is 4.41. The van der Waals surface area contributed by atoms with Gasteiger partial charge in [-0.3, -0.25) is 4.79 Å². The summed E-state index contributed by atoms with van der Waals surface area (Å²) in [5.74, 6) is 3.04. The Balaban J connectivity index is 2.12. The molecule has 1 aliphatic heterocycles. The fraction of sp³-hybridized carbons (Fsp3) is 0.875. The third kappa shape index (κ3) is 3.03. The molecule has 1 amide bonds. The third-order valence-corrected chi connectivity index (χ3v) is 3.23. The molecule has 4 heteroatoms. The summed E-state index contributed by atoms with van der Waals surface area (Å²) in [6.45, 7) is 2.51. The van der Waals surface area contributed by atoms with Gasteiger partial charge in [0.1, 0.15) is 0 Å². The summed E-state index contributed by atoms with van der Waals surface area (Å²) in [7, 11) is 0. The van der Waals surface area contributed by atoms with Crippen LogP contribution in [-0.2, 0) is 4.79 Å². The average Bonchev–Trinajstić information content (AvgIpc) is 2.51. The first-order valence-electron chi connectivity index (χ1n) is 4.31. The van der Waals surface area contributed by atoms with Gasteiger partial charge in [0.05, 0.1) is 6.04 Å². The predicted molar refractivity (Wildman–Crippen MR) is 52.1 cm³/mol. The summed E-state index contributed by atoms with van der Waals surface area (Å²) < 4.78 is 0. The smallest absolute Gasteiger partial charge is 0.236 e.